The van der Waals surface area contributed by atoms with Crippen molar-refractivity contribution in [2.24, 2.45) is 0 Å². The predicted octanol–water partition coefficient (Wildman–Crippen LogP) is 4.02. The number of hydrogen-bond donors (Lipinski definition) is 0. The van der Waals surface area contributed by atoms with E-state index in [4.69, 9.17) is 4.74 Å². The Morgan fingerprint density at radius 1 is 1.08 bits per heavy atom. The second kappa shape index (κ2) is 7.12. The number of Topliss-reactive ketones (excluding diaryl/α,β-unsaturated/α-hetero) is 1. The van der Waals surface area contributed by atoms with Crippen LogP contribution in [0.4, 0.5) is 0 Å². The zero-order valence-corrected chi connectivity index (χ0v) is 15.5. The molecule has 0 spiro atoms. The normalized spacial score (nSPS) is 10.9. The Hall–Kier alpha value is -2.95. The van der Waals surface area contributed by atoms with Gasteiger partial charge in [-0.25, -0.2) is 4.79 Å². The minimum atomic E-state index is -0.510. The number of esters is 1. The van der Waals surface area contributed by atoms with E-state index >= 15 is 0 Å². The summed E-state index contributed by atoms with van der Waals surface area (Å²) >= 11 is 0. The Kier molecular flexibility index (Phi) is 4.89. The van der Waals surface area contributed by atoms with Gasteiger partial charge in [-0.1, -0.05) is 18.2 Å². The summed E-state index contributed by atoms with van der Waals surface area (Å²) in [5, 5.41) is 0.722. The third-order valence-corrected chi connectivity index (χ3v) is 4.59. The number of aromatic nitrogens is 2. The van der Waals surface area contributed by atoms with Crippen molar-refractivity contribution in [3.63, 3.8) is 0 Å². The minimum absolute atomic E-state index is 0.193. The number of ketones is 1. The molecule has 134 valence electrons. The summed E-state index contributed by atoms with van der Waals surface area (Å²) in [6.07, 6.45) is 0. The minimum Gasteiger partial charge on any atom is -0.454 e. The lowest BCUT2D eigenvalue weighted by atomic mass is 10.1. The summed E-state index contributed by atoms with van der Waals surface area (Å²) in [5.41, 5.74) is 4.42. The van der Waals surface area contributed by atoms with E-state index < -0.39 is 5.97 Å². The van der Waals surface area contributed by atoms with E-state index in [1.165, 1.54) is 0 Å². The van der Waals surface area contributed by atoms with Crippen molar-refractivity contribution in [2.45, 2.75) is 34.2 Å². The maximum absolute atomic E-state index is 12.6. The monoisotopic (exact) mass is 350 g/mol. The van der Waals surface area contributed by atoms with Crippen LogP contribution in [0.5, 0.6) is 0 Å². The maximum atomic E-state index is 12.6. The first-order chi connectivity index (χ1) is 12.4. The maximum Gasteiger partial charge on any atom is 0.339 e. The molecule has 0 saturated heterocycles. The van der Waals surface area contributed by atoms with E-state index in [2.05, 4.69) is 9.55 Å². The number of benzene rings is 1. The van der Waals surface area contributed by atoms with Crippen LogP contribution in [-0.4, -0.2) is 27.9 Å². The quantitative estimate of drug-likeness (QED) is 0.515. The number of pyridine rings is 1. The van der Waals surface area contributed by atoms with E-state index in [-0.39, 0.29) is 12.4 Å². The van der Waals surface area contributed by atoms with Crippen molar-refractivity contribution in [3.8, 4) is 0 Å². The fraction of sp³-hybridized carbons (Fsp3) is 0.286. The smallest absolute Gasteiger partial charge is 0.339 e. The molecule has 0 radical (unpaired) electrons. The molecule has 0 saturated carbocycles. The van der Waals surface area contributed by atoms with E-state index in [1.807, 2.05) is 58.0 Å². The molecule has 0 aliphatic rings. The van der Waals surface area contributed by atoms with Crippen LogP contribution >= 0.6 is 0 Å². The van der Waals surface area contributed by atoms with Crippen LogP contribution in [0.15, 0.2) is 36.4 Å². The molecule has 26 heavy (non-hydrogen) atoms. The fourth-order valence-corrected chi connectivity index (χ4v) is 3.33. The van der Waals surface area contributed by atoms with Crippen molar-refractivity contribution in [3.05, 3.63) is 64.6 Å². The Labute approximate surface area is 152 Å². The molecule has 0 aliphatic heterocycles. The molecule has 0 aliphatic carbocycles. The summed E-state index contributed by atoms with van der Waals surface area (Å²) in [6, 6.07) is 10.9. The number of carbonyl (C=O) groups is 2. The van der Waals surface area contributed by atoms with E-state index in [1.54, 1.807) is 6.07 Å². The van der Waals surface area contributed by atoms with Gasteiger partial charge in [0, 0.05) is 34.6 Å². The van der Waals surface area contributed by atoms with Gasteiger partial charge in [-0.3, -0.25) is 9.78 Å². The molecule has 5 nitrogen and oxygen atoms in total. The number of hydrogen-bond acceptors (Lipinski definition) is 4. The van der Waals surface area contributed by atoms with Crippen molar-refractivity contribution in [1.82, 2.24) is 9.55 Å². The van der Waals surface area contributed by atoms with Crippen LogP contribution in [0.3, 0.4) is 0 Å². The lowest BCUT2D eigenvalue weighted by Crippen LogP contribution is -2.15. The van der Waals surface area contributed by atoms with Gasteiger partial charge in [0.2, 0.25) is 5.78 Å². The number of aryl methyl sites for hydroxylation is 2. The Morgan fingerprint density at radius 3 is 2.50 bits per heavy atom. The molecule has 2 heterocycles. The first kappa shape index (κ1) is 17.9. The summed E-state index contributed by atoms with van der Waals surface area (Å²) in [4.78, 5) is 29.5. The topological polar surface area (TPSA) is 61.2 Å². The number of rotatable bonds is 5. The first-order valence-electron chi connectivity index (χ1n) is 8.65. The first-order valence-corrected chi connectivity index (χ1v) is 8.65. The summed E-state index contributed by atoms with van der Waals surface area (Å²) in [5.74, 6) is -0.703. The highest BCUT2D eigenvalue weighted by Crippen LogP contribution is 2.20. The third kappa shape index (κ3) is 3.25. The second-order valence-corrected chi connectivity index (χ2v) is 6.36. The third-order valence-electron chi connectivity index (χ3n) is 4.59. The molecule has 3 aromatic rings. The van der Waals surface area contributed by atoms with Gasteiger partial charge in [0.1, 0.15) is 0 Å². The van der Waals surface area contributed by atoms with Crippen molar-refractivity contribution < 1.29 is 14.3 Å². The molecule has 3 rings (SSSR count). The number of ether oxygens (including phenoxy) is 1. The van der Waals surface area contributed by atoms with Crippen LogP contribution in [0, 0.1) is 20.8 Å². The lowest BCUT2D eigenvalue weighted by molar-refractivity contribution is 0.0476. The van der Waals surface area contributed by atoms with Crippen LogP contribution in [0.25, 0.3) is 10.9 Å². The lowest BCUT2D eigenvalue weighted by Gasteiger charge is -2.09. The van der Waals surface area contributed by atoms with Crippen LogP contribution in [0.1, 0.15) is 44.7 Å². The molecule has 0 fully saturated rings. The Balaban J connectivity index is 1.81. The molecule has 1 aromatic carbocycles. The van der Waals surface area contributed by atoms with Gasteiger partial charge in [0.15, 0.2) is 6.61 Å². The zero-order chi connectivity index (χ0) is 18.8. The number of para-hydroxylation sites is 1. The summed E-state index contributed by atoms with van der Waals surface area (Å²) < 4.78 is 7.38. The molecule has 0 atom stereocenters. The van der Waals surface area contributed by atoms with Gasteiger partial charge in [0.25, 0.3) is 0 Å². The van der Waals surface area contributed by atoms with Crippen molar-refractivity contribution >= 4 is 22.7 Å². The highest BCUT2D eigenvalue weighted by molar-refractivity contribution is 6.05. The molecule has 0 amide bonds. The highest BCUT2D eigenvalue weighted by Gasteiger charge is 2.19. The number of nitrogens with zero attached hydrogens (tertiary/aromatic N) is 2. The predicted molar refractivity (Wildman–Crippen MR) is 101 cm³/mol. The largest absolute Gasteiger partial charge is 0.454 e. The van der Waals surface area contributed by atoms with Crippen LogP contribution in [-0.2, 0) is 11.3 Å². The summed E-state index contributed by atoms with van der Waals surface area (Å²) in [6.45, 7) is 8.26. The Bertz CT molecular complexity index is 1000. The van der Waals surface area contributed by atoms with Gasteiger partial charge >= 0.3 is 5.97 Å². The average molecular weight is 350 g/mol. The van der Waals surface area contributed by atoms with Gasteiger partial charge in [0.05, 0.1) is 11.1 Å². The van der Waals surface area contributed by atoms with E-state index in [0.29, 0.717) is 11.1 Å². The highest BCUT2D eigenvalue weighted by atomic mass is 16.5. The standard InChI is InChI=1S/C21H22N2O3/c1-5-23-14(3)11-17(15(23)4)20(24)12-26-21(25)18-10-13(2)22-19-9-7-6-8-16(18)19/h6-11H,5,12H2,1-4H3. The Morgan fingerprint density at radius 2 is 1.81 bits per heavy atom. The average Bonchev–Trinajstić information content (AvgIpc) is 2.92. The number of carbonyl (C=O) groups excluding carboxylic acids is 2. The SMILES string of the molecule is CCn1c(C)cc(C(=O)COC(=O)c2cc(C)nc3ccccc23)c1C. The second-order valence-electron chi connectivity index (χ2n) is 6.36. The molecule has 0 unspecified atom stereocenters. The van der Waals surface area contributed by atoms with Gasteiger partial charge in [-0.2, -0.15) is 0 Å². The van der Waals surface area contributed by atoms with Crippen LogP contribution < -0.4 is 0 Å². The van der Waals surface area contributed by atoms with E-state index in [9.17, 15) is 9.59 Å². The number of fused-ring (bicyclic) bond motifs is 1. The molecular formula is C21H22N2O3. The molecule has 2 aromatic heterocycles. The summed E-state index contributed by atoms with van der Waals surface area (Å²) in [7, 11) is 0. The van der Waals surface area contributed by atoms with Crippen molar-refractivity contribution in [1.29, 1.82) is 0 Å². The van der Waals surface area contributed by atoms with Gasteiger partial charge in [-0.15, -0.1) is 0 Å². The van der Waals surface area contributed by atoms with Gasteiger partial charge in [-0.05, 0) is 45.9 Å². The van der Waals surface area contributed by atoms with Crippen molar-refractivity contribution in [2.75, 3.05) is 6.61 Å². The van der Waals surface area contributed by atoms with Crippen LogP contribution in [0.2, 0.25) is 0 Å². The fourth-order valence-electron chi connectivity index (χ4n) is 3.33. The zero-order valence-electron chi connectivity index (χ0n) is 15.5. The molecule has 0 bridgehead atoms. The molecule has 0 N–H and O–H groups in total. The van der Waals surface area contributed by atoms with E-state index in [0.717, 1.165) is 34.5 Å². The molecular weight excluding hydrogens is 328 g/mol. The molecule has 5 heteroatoms. The van der Waals surface area contributed by atoms with Gasteiger partial charge < -0.3 is 9.30 Å².